The summed E-state index contributed by atoms with van der Waals surface area (Å²) >= 11 is 1.45. The molecule has 3 rings (SSSR count). The van der Waals surface area contributed by atoms with E-state index in [-0.39, 0.29) is 5.75 Å². The van der Waals surface area contributed by atoms with Crippen LogP contribution in [0.3, 0.4) is 0 Å². The second kappa shape index (κ2) is 4.79. The van der Waals surface area contributed by atoms with E-state index in [1.807, 2.05) is 5.38 Å². The highest BCUT2D eigenvalue weighted by Crippen LogP contribution is 2.24. The number of hydrogen-bond donors (Lipinski definition) is 2. The number of rotatable bonds is 3. The highest BCUT2D eigenvalue weighted by atomic mass is 32.1. The number of thiazole rings is 1. The number of aromatic hydroxyl groups is 1. The second-order valence-corrected chi connectivity index (χ2v) is 4.74. The molecular weight excluding hydrogens is 264 g/mol. The van der Waals surface area contributed by atoms with E-state index in [1.54, 1.807) is 24.3 Å². The Kier molecular flexibility index (Phi) is 2.98. The molecule has 1 aromatic carbocycles. The van der Waals surface area contributed by atoms with E-state index in [4.69, 9.17) is 10.3 Å². The maximum absolute atomic E-state index is 9.23. The maximum atomic E-state index is 9.23. The fourth-order valence-corrected chi connectivity index (χ4v) is 2.21. The minimum Gasteiger partial charge on any atom is -0.508 e. The number of phenolic OH excluding ortho intramolecular Hbond substituents is 1. The molecule has 0 spiro atoms. The largest absolute Gasteiger partial charge is 0.508 e. The topological polar surface area (TPSA) is 98.1 Å². The summed E-state index contributed by atoms with van der Waals surface area (Å²) in [6, 6.07) is 6.58. The van der Waals surface area contributed by atoms with Crippen LogP contribution in [0.5, 0.6) is 5.75 Å². The van der Waals surface area contributed by atoms with Crippen LogP contribution in [0.4, 0.5) is 0 Å². The fraction of sp³-hybridized carbons (Fsp3) is 0.0833. The normalized spacial score (nSPS) is 10.8. The predicted octanol–water partition coefficient (Wildman–Crippen LogP) is 2.02. The van der Waals surface area contributed by atoms with Crippen LogP contribution in [0.2, 0.25) is 0 Å². The molecule has 3 aromatic rings. The van der Waals surface area contributed by atoms with Crippen LogP contribution in [0.1, 0.15) is 5.01 Å². The fourth-order valence-electron chi connectivity index (χ4n) is 1.56. The summed E-state index contributed by atoms with van der Waals surface area (Å²) in [4.78, 5) is 8.55. The maximum Gasteiger partial charge on any atom is 0.277 e. The van der Waals surface area contributed by atoms with Gasteiger partial charge in [-0.3, -0.25) is 0 Å². The molecule has 2 aromatic heterocycles. The van der Waals surface area contributed by atoms with Crippen molar-refractivity contribution < 1.29 is 9.63 Å². The molecule has 0 aliphatic carbocycles. The van der Waals surface area contributed by atoms with Gasteiger partial charge in [0.1, 0.15) is 16.5 Å². The van der Waals surface area contributed by atoms with Gasteiger partial charge in [-0.2, -0.15) is 4.98 Å². The number of hydrogen-bond acceptors (Lipinski definition) is 7. The third-order valence-electron chi connectivity index (χ3n) is 2.50. The van der Waals surface area contributed by atoms with Gasteiger partial charge in [0, 0.05) is 17.5 Å². The lowest BCUT2D eigenvalue weighted by atomic mass is 10.2. The van der Waals surface area contributed by atoms with E-state index in [0.29, 0.717) is 24.0 Å². The van der Waals surface area contributed by atoms with Crippen LogP contribution in [-0.2, 0) is 6.54 Å². The molecular formula is C12H10N4O2S. The Bertz CT molecular complexity index is 690. The summed E-state index contributed by atoms with van der Waals surface area (Å²) in [5.41, 5.74) is 6.90. The third kappa shape index (κ3) is 2.33. The standard InChI is InChI=1S/C12H10N4O2S/c13-5-10-14-9(6-19-10)12-15-11(16-18-12)7-1-3-8(17)4-2-7/h1-4,6,17H,5,13H2. The van der Waals surface area contributed by atoms with Crippen LogP contribution >= 0.6 is 11.3 Å². The lowest BCUT2D eigenvalue weighted by Crippen LogP contribution is -1.94. The average Bonchev–Trinajstić information content (AvgIpc) is 3.08. The molecule has 0 saturated carbocycles. The molecule has 96 valence electrons. The first-order chi connectivity index (χ1) is 9.26. The summed E-state index contributed by atoms with van der Waals surface area (Å²) in [5.74, 6) is 1.01. The van der Waals surface area contributed by atoms with Crippen molar-refractivity contribution in [2.45, 2.75) is 6.54 Å². The van der Waals surface area contributed by atoms with Crippen LogP contribution in [-0.4, -0.2) is 20.2 Å². The van der Waals surface area contributed by atoms with E-state index in [0.717, 1.165) is 10.6 Å². The predicted molar refractivity (Wildman–Crippen MR) is 70.4 cm³/mol. The van der Waals surface area contributed by atoms with E-state index in [9.17, 15) is 5.11 Å². The molecule has 0 saturated heterocycles. The van der Waals surface area contributed by atoms with Crippen LogP contribution in [0.25, 0.3) is 23.0 Å². The third-order valence-corrected chi connectivity index (χ3v) is 3.37. The monoisotopic (exact) mass is 274 g/mol. The van der Waals surface area contributed by atoms with Crippen molar-refractivity contribution in [2.24, 2.45) is 5.73 Å². The highest BCUT2D eigenvalue weighted by Gasteiger charge is 2.13. The van der Waals surface area contributed by atoms with Gasteiger partial charge in [0.2, 0.25) is 5.82 Å². The molecule has 2 heterocycles. The number of nitrogens with two attached hydrogens (primary N) is 1. The molecule has 7 heteroatoms. The number of benzene rings is 1. The summed E-state index contributed by atoms with van der Waals surface area (Å²) in [6.45, 7) is 0.392. The van der Waals surface area contributed by atoms with Crippen molar-refractivity contribution in [3.63, 3.8) is 0 Å². The summed E-state index contributed by atoms with van der Waals surface area (Å²) in [5, 5.41) is 15.8. The minimum absolute atomic E-state index is 0.194. The Morgan fingerprint density at radius 2 is 2.00 bits per heavy atom. The number of aromatic nitrogens is 3. The van der Waals surface area contributed by atoms with Gasteiger partial charge in [-0.05, 0) is 24.3 Å². The Labute approximate surface area is 112 Å². The van der Waals surface area contributed by atoms with Crippen LogP contribution < -0.4 is 5.73 Å². The van der Waals surface area contributed by atoms with Crippen molar-refractivity contribution in [3.05, 3.63) is 34.7 Å². The molecule has 0 aliphatic rings. The van der Waals surface area contributed by atoms with Gasteiger partial charge in [-0.1, -0.05) is 5.16 Å². The molecule has 0 amide bonds. The van der Waals surface area contributed by atoms with Crippen molar-refractivity contribution in [1.82, 2.24) is 15.1 Å². The highest BCUT2D eigenvalue weighted by molar-refractivity contribution is 7.09. The number of nitrogens with zero attached hydrogens (tertiary/aromatic N) is 3. The zero-order chi connectivity index (χ0) is 13.2. The zero-order valence-corrected chi connectivity index (χ0v) is 10.6. The van der Waals surface area contributed by atoms with Crippen molar-refractivity contribution in [2.75, 3.05) is 0 Å². The Morgan fingerprint density at radius 3 is 2.68 bits per heavy atom. The van der Waals surface area contributed by atoms with E-state index in [2.05, 4.69) is 15.1 Å². The Balaban J connectivity index is 1.92. The number of phenols is 1. The lowest BCUT2D eigenvalue weighted by molar-refractivity contribution is 0.431. The Hall–Kier alpha value is -2.25. The summed E-state index contributed by atoms with van der Waals surface area (Å²) in [7, 11) is 0. The van der Waals surface area contributed by atoms with E-state index in [1.165, 1.54) is 11.3 Å². The van der Waals surface area contributed by atoms with Gasteiger partial charge in [0.25, 0.3) is 5.89 Å². The minimum atomic E-state index is 0.194. The quantitative estimate of drug-likeness (QED) is 0.758. The smallest absolute Gasteiger partial charge is 0.277 e. The lowest BCUT2D eigenvalue weighted by Gasteiger charge is -1.93. The molecule has 0 fully saturated rings. The zero-order valence-electron chi connectivity index (χ0n) is 9.78. The van der Waals surface area contributed by atoms with E-state index < -0.39 is 0 Å². The van der Waals surface area contributed by atoms with Gasteiger partial charge in [-0.15, -0.1) is 11.3 Å². The summed E-state index contributed by atoms with van der Waals surface area (Å²) in [6.07, 6.45) is 0. The van der Waals surface area contributed by atoms with Gasteiger partial charge >= 0.3 is 0 Å². The molecule has 0 atom stereocenters. The molecule has 0 unspecified atom stereocenters. The van der Waals surface area contributed by atoms with Gasteiger partial charge in [0.05, 0.1) is 0 Å². The molecule has 0 aliphatic heterocycles. The molecule has 19 heavy (non-hydrogen) atoms. The molecule has 3 N–H and O–H groups in total. The summed E-state index contributed by atoms with van der Waals surface area (Å²) < 4.78 is 5.17. The van der Waals surface area contributed by atoms with E-state index >= 15 is 0 Å². The SMILES string of the molecule is NCc1nc(-c2nc(-c3ccc(O)cc3)no2)cs1. The average molecular weight is 274 g/mol. The Morgan fingerprint density at radius 1 is 1.21 bits per heavy atom. The molecule has 0 radical (unpaired) electrons. The first-order valence-electron chi connectivity index (χ1n) is 5.54. The molecule has 6 nitrogen and oxygen atoms in total. The molecule has 0 bridgehead atoms. The van der Waals surface area contributed by atoms with Crippen LogP contribution in [0.15, 0.2) is 34.2 Å². The van der Waals surface area contributed by atoms with Crippen molar-refractivity contribution in [3.8, 4) is 28.7 Å². The second-order valence-electron chi connectivity index (χ2n) is 3.80. The first-order valence-corrected chi connectivity index (χ1v) is 6.42. The first kappa shape index (κ1) is 11.8. The van der Waals surface area contributed by atoms with Crippen LogP contribution in [0, 0.1) is 0 Å². The van der Waals surface area contributed by atoms with Crippen molar-refractivity contribution in [1.29, 1.82) is 0 Å². The van der Waals surface area contributed by atoms with Gasteiger partial charge in [0.15, 0.2) is 0 Å². The van der Waals surface area contributed by atoms with Gasteiger partial charge in [-0.25, -0.2) is 4.98 Å². The van der Waals surface area contributed by atoms with Gasteiger partial charge < -0.3 is 15.4 Å². The van der Waals surface area contributed by atoms with Crippen molar-refractivity contribution >= 4 is 11.3 Å².